The van der Waals surface area contributed by atoms with Crippen LogP contribution in [0.4, 0.5) is 0 Å². The zero-order chi connectivity index (χ0) is 9.64. The summed E-state index contributed by atoms with van der Waals surface area (Å²) in [5, 5.41) is 1.24. The highest BCUT2D eigenvalue weighted by Gasteiger charge is 1.89. The van der Waals surface area contributed by atoms with Gasteiger partial charge in [0.1, 0.15) is 0 Å². The molecule has 0 atom stereocenters. The van der Waals surface area contributed by atoms with Crippen molar-refractivity contribution in [2.45, 2.75) is 0 Å². The maximum absolute atomic E-state index is 4.04. The first-order valence-corrected chi connectivity index (χ1v) is 5.11. The van der Waals surface area contributed by atoms with E-state index in [1.165, 1.54) is 21.6 Å². The van der Waals surface area contributed by atoms with Crippen molar-refractivity contribution in [3.8, 4) is 0 Å². The molecule has 0 aliphatic rings. The van der Waals surface area contributed by atoms with Gasteiger partial charge in [-0.1, -0.05) is 18.2 Å². The number of hydrogen-bond acceptors (Lipinski definition) is 2. The molecule has 2 heterocycles. The second-order valence-electron chi connectivity index (χ2n) is 2.75. The predicted molar refractivity (Wildman–Crippen MR) is 60.4 cm³/mol. The number of fused-ring (bicyclic) bond motifs is 1. The summed E-state index contributed by atoms with van der Waals surface area (Å²) in [5.41, 5.74) is 0. The van der Waals surface area contributed by atoms with Crippen LogP contribution in [0.5, 0.6) is 0 Å². The maximum Gasteiger partial charge on any atom is 0.0549 e. The van der Waals surface area contributed by atoms with Crippen LogP contribution >= 0.6 is 11.5 Å². The van der Waals surface area contributed by atoms with Crippen LogP contribution in [0.25, 0.3) is 10.1 Å². The van der Waals surface area contributed by atoms with Gasteiger partial charge >= 0.3 is 0 Å². The normalized spacial score (nSPS) is 9.43. The van der Waals surface area contributed by atoms with E-state index in [1.807, 2.05) is 42.9 Å². The minimum atomic E-state index is 1.24. The number of aromatic amines is 1. The summed E-state index contributed by atoms with van der Waals surface area (Å²) in [5.74, 6) is 0. The molecule has 3 aromatic rings. The number of rotatable bonds is 0. The van der Waals surface area contributed by atoms with Gasteiger partial charge in [0.05, 0.1) is 4.70 Å². The van der Waals surface area contributed by atoms with Crippen molar-refractivity contribution >= 4 is 21.6 Å². The average molecular weight is 202 g/mol. The molecule has 0 bridgehead atoms. The predicted octanol–water partition coefficient (Wildman–Crippen LogP) is 3.31. The van der Waals surface area contributed by atoms with Crippen LogP contribution in [-0.2, 0) is 0 Å². The Morgan fingerprint density at radius 1 is 1.00 bits per heavy atom. The maximum atomic E-state index is 4.04. The number of nitrogens with zero attached hydrogens (tertiary/aromatic N) is 1. The summed E-state index contributed by atoms with van der Waals surface area (Å²) in [6.45, 7) is 0. The minimum Gasteiger partial charge on any atom is -0.368 e. The van der Waals surface area contributed by atoms with Crippen molar-refractivity contribution in [1.82, 2.24) is 9.36 Å². The average Bonchev–Trinajstić information content (AvgIpc) is 2.92. The molecule has 0 spiro atoms. The zero-order valence-corrected chi connectivity index (χ0v) is 8.37. The van der Waals surface area contributed by atoms with E-state index in [-0.39, 0.29) is 0 Å². The SMILES string of the molecule is c1cc[nH]c1.c1ccc2sncc2c1. The highest BCUT2D eigenvalue weighted by Crippen LogP contribution is 2.15. The van der Waals surface area contributed by atoms with E-state index in [9.17, 15) is 0 Å². The first-order chi connectivity index (χ1) is 6.97. The smallest absolute Gasteiger partial charge is 0.0549 e. The molecule has 70 valence electrons. The van der Waals surface area contributed by atoms with Crippen molar-refractivity contribution in [2.24, 2.45) is 0 Å². The molecule has 1 N–H and O–H groups in total. The Hall–Kier alpha value is -1.61. The van der Waals surface area contributed by atoms with E-state index in [1.54, 1.807) is 0 Å². The first-order valence-electron chi connectivity index (χ1n) is 4.34. The standard InChI is InChI=1S/C7H5NS.C4H5N/c1-2-4-7-6(3-1)5-8-9-7;1-2-4-5-3-1/h1-5H;1-5H. The highest BCUT2D eigenvalue weighted by molar-refractivity contribution is 7.13. The molecule has 0 fully saturated rings. The summed E-state index contributed by atoms with van der Waals surface area (Å²) >= 11 is 1.54. The van der Waals surface area contributed by atoms with Gasteiger partial charge in [0.15, 0.2) is 0 Å². The molecule has 14 heavy (non-hydrogen) atoms. The molecule has 0 aliphatic carbocycles. The van der Waals surface area contributed by atoms with Crippen molar-refractivity contribution in [3.05, 3.63) is 55.0 Å². The van der Waals surface area contributed by atoms with E-state index >= 15 is 0 Å². The van der Waals surface area contributed by atoms with E-state index in [0.717, 1.165) is 0 Å². The zero-order valence-electron chi connectivity index (χ0n) is 7.55. The lowest BCUT2D eigenvalue weighted by Crippen LogP contribution is -1.56. The lowest BCUT2D eigenvalue weighted by atomic mass is 10.3. The van der Waals surface area contributed by atoms with Crippen molar-refractivity contribution in [2.75, 3.05) is 0 Å². The van der Waals surface area contributed by atoms with Crippen LogP contribution < -0.4 is 0 Å². The minimum absolute atomic E-state index is 1.24. The molecular formula is C11H10N2S. The Morgan fingerprint density at radius 3 is 2.43 bits per heavy atom. The fourth-order valence-electron chi connectivity index (χ4n) is 1.09. The largest absolute Gasteiger partial charge is 0.368 e. The number of hydrogen-bond donors (Lipinski definition) is 1. The van der Waals surface area contributed by atoms with Gasteiger partial charge in [-0.3, -0.25) is 0 Å². The van der Waals surface area contributed by atoms with Gasteiger partial charge < -0.3 is 4.98 Å². The van der Waals surface area contributed by atoms with Crippen LogP contribution in [0.15, 0.2) is 55.0 Å². The summed E-state index contributed by atoms with van der Waals surface area (Å²) in [6.07, 6.45) is 5.64. The fraction of sp³-hybridized carbons (Fsp3) is 0. The topological polar surface area (TPSA) is 28.7 Å². The second-order valence-corrected chi connectivity index (χ2v) is 3.58. The molecule has 0 saturated heterocycles. The van der Waals surface area contributed by atoms with Gasteiger partial charge in [-0.2, -0.15) is 4.37 Å². The Labute approximate surface area is 86.4 Å². The third kappa shape index (κ3) is 2.20. The summed E-state index contributed by atoms with van der Waals surface area (Å²) in [7, 11) is 0. The molecule has 0 unspecified atom stereocenters. The molecular weight excluding hydrogens is 192 g/mol. The quantitative estimate of drug-likeness (QED) is 0.595. The number of nitrogens with one attached hydrogen (secondary N) is 1. The number of H-pyrrole nitrogens is 1. The van der Waals surface area contributed by atoms with Crippen LogP contribution in [0.3, 0.4) is 0 Å². The molecule has 2 aromatic heterocycles. The monoisotopic (exact) mass is 202 g/mol. The van der Waals surface area contributed by atoms with Gasteiger partial charge in [-0.05, 0) is 29.7 Å². The fourth-order valence-corrected chi connectivity index (χ4v) is 1.73. The number of benzene rings is 1. The van der Waals surface area contributed by atoms with Crippen LogP contribution in [0, 0.1) is 0 Å². The van der Waals surface area contributed by atoms with Gasteiger partial charge in [-0.25, -0.2) is 0 Å². The second kappa shape index (κ2) is 4.58. The van der Waals surface area contributed by atoms with E-state index < -0.39 is 0 Å². The van der Waals surface area contributed by atoms with Crippen LogP contribution in [0.1, 0.15) is 0 Å². The van der Waals surface area contributed by atoms with E-state index in [0.29, 0.717) is 0 Å². The van der Waals surface area contributed by atoms with Gasteiger partial charge in [0.25, 0.3) is 0 Å². The molecule has 3 heteroatoms. The molecule has 3 rings (SSSR count). The first kappa shape index (κ1) is 8.97. The molecule has 0 radical (unpaired) electrons. The number of aromatic nitrogens is 2. The Balaban J connectivity index is 0.000000128. The van der Waals surface area contributed by atoms with Crippen molar-refractivity contribution in [3.63, 3.8) is 0 Å². The summed E-state index contributed by atoms with van der Waals surface area (Å²) in [4.78, 5) is 2.86. The third-order valence-electron chi connectivity index (χ3n) is 1.76. The lowest BCUT2D eigenvalue weighted by molar-refractivity contribution is 1.42. The summed E-state index contributed by atoms with van der Waals surface area (Å²) in [6, 6.07) is 12.1. The highest BCUT2D eigenvalue weighted by atomic mass is 32.1. The molecule has 1 aromatic carbocycles. The van der Waals surface area contributed by atoms with Crippen LogP contribution in [-0.4, -0.2) is 9.36 Å². The Bertz CT molecular complexity index is 423. The Morgan fingerprint density at radius 2 is 1.79 bits per heavy atom. The molecule has 0 amide bonds. The van der Waals surface area contributed by atoms with Crippen molar-refractivity contribution in [1.29, 1.82) is 0 Å². The molecule has 0 aliphatic heterocycles. The third-order valence-corrected chi connectivity index (χ3v) is 2.54. The van der Waals surface area contributed by atoms with E-state index in [2.05, 4.69) is 21.5 Å². The van der Waals surface area contributed by atoms with Crippen molar-refractivity contribution < 1.29 is 0 Å². The van der Waals surface area contributed by atoms with Gasteiger partial charge in [0.2, 0.25) is 0 Å². The molecule has 0 saturated carbocycles. The summed E-state index contributed by atoms with van der Waals surface area (Å²) < 4.78 is 5.30. The lowest BCUT2D eigenvalue weighted by Gasteiger charge is -1.80. The van der Waals surface area contributed by atoms with E-state index in [4.69, 9.17) is 0 Å². The van der Waals surface area contributed by atoms with Gasteiger partial charge in [0, 0.05) is 24.0 Å². The molecule has 2 nitrogen and oxygen atoms in total. The Kier molecular flexibility index (Phi) is 2.93. The van der Waals surface area contributed by atoms with Gasteiger partial charge in [-0.15, -0.1) is 0 Å². The van der Waals surface area contributed by atoms with Crippen LogP contribution in [0.2, 0.25) is 0 Å².